The molecule has 0 bridgehead atoms. The largest absolute Gasteiger partial charge is 0.462 e. The number of aliphatic hydroxyl groups is 10. The second kappa shape index (κ2) is 26.4. The first-order valence-corrected chi connectivity index (χ1v) is 18.5. The highest BCUT2D eigenvalue weighted by molar-refractivity contribution is 5.79. The zero-order valence-electron chi connectivity index (χ0n) is 31.2. The second-order valence-corrected chi connectivity index (χ2v) is 14.1. The molecular formula is C38H65NO14. The first kappa shape index (κ1) is 48.6. The van der Waals surface area contributed by atoms with Crippen molar-refractivity contribution in [2.75, 3.05) is 0 Å². The summed E-state index contributed by atoms with van der Waals surface area (Å²) in [6.07, 6.45) is 3.57. The average Bonchev–Trinajstić information content (AvgIpc) is 3.04. The van der Waals surface area contributed by atoms with Crippen molar-refractivity contribution in [2.45, 2.75) is 171 Å². The fourth-order valence-electron chi connectivity index (χ4n) is 6.03. The van der Waals surface area contributed by atoms with Gasteiger partial charge in [0.05, 0.1) is 61.0 Å². The van der Waals surface area contributed by atoms with E-state index in [1.54, 1.807) is 6.92 Å². The van der Waals surface area contributed by atoms with E-state index in [0.717, 1.165) is 6.42 Å². The molecule has 12 N–H and O–H groups in total. The fourth-order valence-corrected chi connectivity index (χ4v) is 6.03. The number of rotatable bonds is 3. The molecule has 0 saturated carbocycles. The van der Waals surface area contributed by atoms with Crippen LogP contribution in [0.2, 0.25) is 0 Å². The van der Waals surface area contributed by atoms with Crippen molar-refractivity contribution in [2.24, 2.45) is 11.7 Å². The lowest BCUT2D eigenvalue weighted by Gasteiger charge is -2.37. The Morgan fingerprint density at radius 1 is 0.755 bits per heavy atom. The minimum atomic E-state index is -1.45. The summed E-state index contributed by atoms with van der Waals surface area (Å²) in [5.74, 6) is -2.51. The van der Waals surface area contributed by atoms with E-state index in [0.29, 0.717) is 25.7 Å². The fraction of sp³-hybridized carbons (Fsp3) is 0.737. The van der Waals surface area contributed by atoms with Crippen LogP contribution in [0.15, 0.2) is 48.6 Å². The molecule has 14 atom stereocenters. The van der Waals surface area contributed by atoms with Gasteiger partial charge in [0.2, 0.25) is 0 Å². The molecule has 0 aromatic rings. The van der Waals surface area contributed by atoms with E-state index < -0.39 is 97.1 Å². The molecule has 1 saturated heterocycles. The number of ether oxygens (including phenoxy) is 2. The van der Waals surface area contributed by atoms with Crippen molar-refractivity contribution >= 4 is 11.8 Å². The van der Waals surface area contributed by atoms with Crippen molar-refractivity contribution in [3.05, 3.63) is 48.6 Å². The maximum absolute atomic E-state index is 12.9. The number of Topliss-reactive ketones (excluding diaryl/α,β-unsaturated/α-hetero) is 1. The number of hydrogen-bond acceptors (Lipinski definition) is 15. The van der Waals surface area contributed by atoms with Gasteiger partial charge in [0.15, 0.2) is 6.29 Å². The number of cyclic esters (lactones) is 1. The highest BCUT2D eigenvalue weighted by Crippen LogP contribution is 2.22. The van der Waals surface area contributed by atoms with E-state index in [1.807, 2.05) is 55.5 Å². The third kappa shape index (κ3) is 20.2. The van der Waals surface area contributed by atoms with Crippen molar-refractivity contribution in [1.82, 2.24) is 0 Å². The summed E-state index contributed by atoms with van der Waals surface area (Å²) in [7, 11) is 0. The lowest BCUT2D eigenvalue weighted by atomic mass is 9.90. The Bertz CT molecular complexity index is 1130. The van der Waals surface area contributed by atoms with Crippen molar-refractivity contribution in [3.63, 3.8) is 0 Å². The maximum atomic E-state index is 12.9. The third-order valence-corrected chi connectivity index (χ3v) is 8.98. The summed E-state index contributed by atoms with van der Waals surface area (Å²) >= 11 is 0. The Balaban J connectivity index is 0.00000108. The number of carbonyl (C=O) groups excluding carboxylic acids is 2. The number of hydrogen-bond donors (Lipinski definition) is 11. The molecule has 306 valence electrons. The molecule has 2 aliphatic heterocycles. The zero-order chi connectivity index (χ0) is 40.1. The lowest BCUT2D eigenvalue weighted by molar-refractivity contribution is -0.247. The predicted molar refractivity (Wildman–Crippen MR) is 196 cm³/mol. The minimum absolute atomic E-state index is 0.0256. The molecule has 1 fully saturated rings. The van der Waals surface area contributed by atoms with Gasteiger partial charge in [-0.1, -0.05) is 62.0 Å². The third-order valence-electron chi connectivity index (χ3n) is 8.98. The van der Waals surface area contributed by atoms with Gasteiger partial charge in [-0.25, -0.2) is 0 Å². The van der Waals surface area contributed by atoms with Crippen LogP contribution in [0, 0.1) is 5.92 Å². The summed E-state index contributed by atoms with van der Waals surface area (Å²) in [5, 5.41) is 99.5. The highest BCUT2D eigenvalue weighted by Gasteiger charge is 2.39. The van der Waals surface area contributed by atoms with Gasteiger partial charge >= 0.3 is 5.97 Å². The zero-order valence-corrected chi connectivity index (χ0v) is 31.2. The van der Waals surface area contributed by atoms with Gasteiger partial charge in [0.1, 0.15) is 23.9 Å². The van der Waals surface area contributed by atoms with Crippen LogP contribution in [0.1, 0.15) is 91.4 Å². The molecule has 11 unspecified atom stereocenters. The topological polar surface area (TPSA) is 281 Å². The normalized spacial score (nSPS) is 39.8. The van der Waals surface area contributed by atoms with Crippen LogP contribution < -0.4 is 5.73 Å². The summed E-state index contributed by atoms with van der Waals surface area (Å²) in [5.41, 5.74) is 5.36. The monoisotopic (exact) mass is 759 g/mol. The van der Waals surface area contributed by atoms with E-state index in [4.69, 9.17) is 25.4 Å². The predicted octanol–water partition coefficient (Wildman–Crippen LogP) is -0.0483. The van der Waals surface area contributed by atoms with Gasteiger partial charge in [-0.15, -0.1) is 0 Å². The Labute approximate surface area is 312 Å². The Hall–Kier alpha value is -2.38. The van der Waals surface area contributed by atoms with Crippen LogP contribution in [0.25, 0.3) is 0 Å². The second-order valence-electron chi connectivity index (χ2n) is 14.1. The lowest BCUT2D eigenvalue weighted by Crippen LogP contribution is -2.60. The molecular weight excluding hydrogens is 694 g/mol. The van der Waals surface area contributed by atoms with Gasteiger partial charge in [-0.2, -0.15) is 0 Å². The van der Waals surface area contributed by atoms with Crippen LogP contribution in [0.4, 0.5) is 0 Å². The summed E-state index contributed by atoms with van der Waals surface area (Å²) in [6, 6.07) is -0.839. The molecule has 15 heteroatoms. The van der Waals surface area contributed by atoms with E-state index in [-0.39, 0.29) is 38.5 Å². The molecule has 0 amide bonds. The first-order valence-electron chi connectivity index (χ1n) is 18.5. The standard InChI is InChI=1S/C32H52O10.C6H13NO4/c1-3-13-29-15-12-10-8-6-4-5-7-9-11-14-23(34)16-24(35)17-25(36)18-26(37)19-27(38)20-28(39)21-30(40)31(22(2)33)32(41)42-29;1-2-4(8)3(7)5(9)6(10)11-2/h4-10,12,22-24,26-31,33-35,37-40H,3,11,13-21H2,1-2H3;2-6,8-10H,7H2,1H3/b5-4+,8-6+,9-7+,12-10+;/t22?,23?,24?,26?,27?,28?,29-,30?,31?;2-,3?,4?,5?,6+/m10/s1. The summed E-state index contributed by atoms with van der Waals surface area (Å²) in [4.78, 5) is 25.2. The quantitative estimate of drug-likeness (QED) is 0.168. The Kier molecular flexibility index (Phi) is 24.3. The smallest absolute Gasteiger partial charge is 0.314 e. The van der Waals surface area contributed by atoms with E-state index in [2.05, 4.69) is 0 Å². The molecule has 15 nitrogen and oxygen atoms in total. The maximum Gasteiger partial charge on any atom is 0.314 e. The minimum Gasteiger partial charge on any atom is -0.462 e. The van der Waals surface area contributed by atoms with Gasteiger partial charge in [-0.05, 0) is 52.4 Å². The van der Waals surface area contributed by atoms with Gasteiger partial charge < -0.3 is 66.3 Å². The summed E-state index contributed by atoms with van der Waals surface area (Å²) < 4.78 is 10.4. The van der Waals surface area contributed by atoms with Gasteiger partial charge in [0.25, 0.3) is 0 Å². The molecule has 2 rings (SSSR count). The Morgan fingerprint density at radius 2 is 1.28 bits per heavy atom. The number of nitrogens with two attached hydrogens (primary N) is 1. The molecule has 0 aliphatic carbocycles. The van der Waals surface area contributed by atoms with Crippen LogP contribution in [0.3, 0.4) is 0 Å². The molecule has 0 radical (unpaired) electrons. The number of carbonyl (C=O) groups is 2. The van der Waals surface area contributed by atoms with E-state index in [9.17, 15) is 50.4 Å². The highest BCUT2D eigenvalue weighted by atomic mass is 16.6. The molecule has 0 aromatic heterocycles. The number of esters is 1. The molecule has 0 spiro atoms. The van der Waals surface area contributed by atoms with E-state index >= 15 is 0 Å². The van der Waals surface area contributed by atoms with Crippen molar-refractivity contribution < 1.29 is 70.1 Å². The van der Waals surface area contributed by atoms with Crippen LogP contribution in [-0.2, 0) is 19.1 Å². The molecule has 53 heavy (non-hydrogen) atoms. The molecule has 0 aromatic carbocycles. The number of ketones is 1. The van der Waals surface area contributed by atoms with Crippen molar-refractivity contribution in [3.8, 4) is 0 Å². The van der Waals surface area contributed by atoms with E-state index in [1.165, 1.54) is 6.92 Å². The average molecular weight is 760 g/mol. The SMILES string of the molecule is CCC[C@@H]1C/C=C/C=C/C=C/C=C/CCC(O)CC(O)CC(=O)CC(O)CC(O)CC(O)CC(O)C(C(C)O)C(=O)O1.C[C@@H]1O[C@@H](O)C(O)C(N)C1O. The molecule has 2 aliphatic rings. The summed E-state index contributed by atoms with van der Waals surface area (Å²) in [6.45, 7) is 4.89. The van der Waals surface area contributed by atoms with Crippen LogP contribution in [0.5, 0.6) is 0 Å². The van der Waals surface area contributed by atoms with Crippen LogP contribution in [-0.4, -0.2) is 142 Å². The van der Waals surface area contributed by atoms with Gasteiger partial charge in [0, 0.05) is 25.7 Å². The first-order chi connectivity index (χ1) is 25.0. The Morgan fingerprint density at radius 3 is 1.87 bits per heavy atom. The number of aliphatic hydroxyl groups excluding tert-OH is 10. The number of allylic oxidation sites excluding steroid dienone is 7. The van der Waals surface area contributed by atoms with Crippen LogP contribution >= 0.6 is 0 Å². The molecule has 2 heterocycles. The van der Waals surface area contributed by atoms with Gasteiger partial charge in [-0.3, -0.25) is 9.59 Å². The van der Waals surface area contributed by atoms with Crippen molar-refractivity contribution in [1.29, 1.82) is 0 Å².